The number of aliphatic imine (C=N–C) groups is 1. The fraction of sp³-hybridized carbons (Fsp3) is 0.120. The molecule has 0 saturated heterocycles. The van der Waals surface area contributed by atoms with Gasteiger partial charge in [-0.25, -0.2) is 4.99 Å². The lowest BCUT2D eigenvalue weighted by molar-refractivity contribution is 0.414. The normalized spacial score (nSPS) is 10.9. The molecular weight excluding hydrogens is 408 g/mol. The third kappa shape index (κ3) is 4.23. The molecule has 2 aromatic carbocycles. The monoisotopic (exact) mass is 428 g/mol. The van der Waals surface area contributed by atoms with Crippen molar-refractivity contribution >= 4 is 23.4 Å². The maximum Gasteiger partial charge on any atom is 0.238 e. The lowest BCUT2D eigenvalue weighted by atomic mass is 9.98. The standard InChI is InChI=1S/C25H20N2O3S/c1-16-4-13-21(31-16)15-27-25-22(14-26)23(17-5-9-19(28-2)10-6-17)24(30-25)18-7-11-20(29-3)12-8-18/h4-13,15H,1-3H3. The van der Waals surface area contributed by atoms with Crippen molar-refractivity contribution in [2.24, 2.45) is 4.99 Å². The van der Waals surface area contributed by atoms with Gasteiger partial charge in [-0.2, -0.15) is 5.26 Å². The van der Waals surface area contributed by atoms with Crippen molar-refractivity contribution < 1.29 is 13.9 Å². The van der Waals surface area contributed by atoms with Gasteiger partial charge in [-0.15, -0.1) is 11.3 Å². The van der Waals surface area contributed by atoms with Crippen LogP contribution in [0.5, 0.6) is 11.5 Å². The number of thiophene rings is 1. The molecule has 0 amide bonds. The van der Waals surface area contributed by atoms with Crippen LogP contribution >= 0.6 is 11.3 Å². The topological polar surface area (TPSA) is 67.8 Å². The highest BCUT2D eigenvalue weighted by Crippen LogP contribution is 2.43. The van der Waals surface area contributed by atoms with E-state index in [4.69, 9.17) is 13.9 Å². The van der Waals surface area contributed by atoms with Gasteiger partial charge < -0.3 is 13.9 Å². The number of nitrogens with zero attached hydrogens (tertiary/aromatic N) is 2. The molecule has 2 heterocycles. The molecule has 0 N–H and O–H groups in total. The second-order valence-electron chi connectivity index (χ2n) is 6.76. The van der Waals surface area contributed by atoms with Crippen LogP contribution in [0.4, 0.5) is 5.88 Å². The summed E-state index contributed by atoms with van der Waals surface area (Å²) in [7, 11) is 3.24. The molecule has 0 atom stereocenters. The average molecular weight is 429 g/mol. The summed E-state index contributed by atoms with van der Waals surface area (Å²) in [4.78, 5) is 6.70. The smallest absolute Gasteiger partial charge is 0.238 e. The van der Waals surface area contributed by atoms with E-state index in [-0.39, 0.29) is 5.88 Å². The van der Waals surface area contributed by atoms with Crippen LogP contribution in [0.1, 0.15) is 15.3 Å². The van der Waals surface area contributed by atoms with E-state index >= 15 is 0 Å². The Hall–Kier alpha value is -3.82. The molecule has 0 bridgehead atoms. The van der Waals surface area contributed by atoms with Crippen LogP contribution in [-0.4, -0.2) is 20.4 Å². The van der Waals surface area contributed by atoms with Crippen LogP contribution in [0.2, 0.25) is 0 Å². The highest BCUT2D eigenvalue weighted by Gasteiger charge is 2.23. The van der Waals surface area contributed by atoms with Crippen LogP contribution < -0.4 is 9.47 Å². The summed E-state index contributed by atoms with van der Waals surface area (Å²) < 4.78 is 16.7. The molecule has 0 spiro atoms. The Balaban J connectivity index is 1.87. The summed E-state index contributed by atoms with van der Waals surface area (Å²) in [6.45, 7) is 2.04. The summed E-state index contributed by atoms with van der Waals surface area (Å²) in [5.74, 6) is 2.35. The summed E-state index contributed by atoms with van der Waals surface area (Å²) in [5, 5.41) is 9.98. The van der Waals surface area contributed by atoms with Crippen LogP contribution in [0, 0.1) is 18.3 Å². The van der Waals surface area contributed by atoms with Gasteiger partial charge in [0.25, 0.3) is 0 Å². The zero-order valence-corrected chi connectivity index (χ0v) is 18.2. The minimum Gasteiger partial charge on any atom is -0.497 e. The minimum absolute atomic E-state index is 0.283. The number of furan rings is 1. The van der Waals surface area contributed by atoms with E-state index in [1.807, 2.05) is 67.6 Å². The van der Waals surface area contributed by atoms with Crippen molar-refractivity contribution in [3.63, 3.8) is 0 Å². The SMILES string of the molecule is COc1ccc(-c2oc(N=Cc3ccc(C)s3)c(C#N)c2-c2ccc(OC)cc2)cc1. The first-order valence-electron chi connectivity index (χ1n) is 9.59. The minimum atomic E-state index is 0.283. The number of benzene rings is 2. The average Bonchev–Trinajstić information content (AvgIpc) is 3.40. The molecule has 0 aliphatic rings. The molecule has 31 heavy (non-hydrogen) atoms. The van der Waals surface area contributed by atoms with E-state index in [9.17, 15) is 5.26 Å². The number of hydrogen-bond donors (Lipinski definition) is 0. The number of ether oxygens (including phenoxy) is 2. The predicted octanol–water partition coefficient (Wildman–Crippen LogP) is 6.62. The van der Waals surface area contributed by atoms with Crippen molar-refractivity contribution in [3.05, 3.63) is 76.0 Å². The van der Waals surface area contributed by atoms with Crippen molar-refractivity contribution in [3.8, 4) is 40.0 Å². The Labute approximate surface area is 184 Å². The number of hydrogen-bond acceptors (Lipinski definition) is 6. The molecule has 0 radical (unpaired) electrons. The van der Waals surface area contributed by atoms with E-state index in [1.54, 1.807) is 31.8 Å². The van der Waals surface area contributed by atoms with Gasteiger partial charge in [-0.3, -0.25) is 0 Å². The maximum atomic E-state index is 9.98. The number of nitriles is 1. The van der Waals surface area contributed by atoms with Crippen LogP contribution in [0.3, 0.4) is 0 Å². The van der Waals surface area contributed by atoms with Crippen molar-refractivity contribution in [1.82, 2.24) is 0 Å². The first-order valence-corrected chi connectivity index (χ1v) is 10.4. The molecular formula is C25H20N2O3S. The van der Waals surface area contributed by atoms with Crippen molar-refractivity contribution in [2.45, 2.75) is 6.92 Å². The molecule has 2 aromatic heterocycles. The van der Waals surface area contributed by atoms with Gasteiger partial charge in [0.15, 0.2) is 0 Å². The van der Waals surface area contributed by atoms with Crippen LogP contribution in [-0.2, 0) is 0 Å². The lowest BCUT2D eigenvalue weighted by Gasteiger charge is -2.06. The van der Waals surface area contributed by atoms with Crippen molar-refractivity contribution in [1.29, 1.82) is 5.26 Å². The first kappa shape index (κ1) is 20.5. The maximum absolute atomic E-state index is 9.98. The largest absolute Gasteiger partial charge is 0.497 e. The number of aryl methyl sites for hydroxylation is 1. The third-order valence-corrected chi connectivity index (χ3v) is 5.74. The predicted molar refractivity (Wildman–Crippen MR) is 124 cm³/mol. The van der Waals surface area contributed by atoms with E-state index in [0.29, 0.717) is 16.9 Å². The molecule has 0 aliphatic carbocycles. The van der Waals surface area contributed by atoms with Gasteiger partial charge in [0.2, 0.25) is 5.88 Å². The second-order valence-corrected chi connectivity index (χ2v) is 8.08. The van der Waals surface area contributed by atoms with Crippen molar-refractivity contribution in [2.75, 3.05) is 14.2 Å². The molecule has 6 heteroatoms. The molecule has 4 rings (SSSR count). The Morgan fingerprint density at radius 3 is 2.03 bits per heavy atom. The summed E-state index contributed by atoms with van der Waals surface area (Å²) in [6, 6.07) is 21.4. The number of rotatable bonds is 6. The van der Waals surface area contributed by atoms with Gasteiger partial charge in [-0.1, -0.05) is 12.1 Å². The zero-order chi connectivity index (χ0) is 21.8. The van der Waals surface area contributed by atoms with Gasteiger partial charge in [0.05, 0.1) is 14.2 Å². The fourth-order valence-corrected chi connectivity index (χ4v) is 3.99. The zero-order valence-electron chi connectivity index (χ0n) is 17.4. The molecule has 154 valence electrons. The number of methoxy groups -OCH3 is 2. The van der Waals surface area contributed by atoms with E-state index < -0.39 is 0 Å². The fourth-order valence-electron chi connectivity index (χ4n) is 3.24. The van der Waals surface area contributed by atoms with E-state index in [0.717, 1.165) is 27.5 Å². The Kier molecular flexibility index (Phi) is 5.87. The van der Waals surface area contributed by atoms with E-state index in [1.165, 1.54) is 4.88 Å². The first-order chi connectivity index (χ1) is 15.1. The lowest BCUT2D eigenvalue weighted by Crippen LogP contribution is -1.86. The van der Waals surface area contributed by atoms with Gasteiger partial charge >= 0.3 is 0 Å². The van der Waals surface area contributed by atoms with E-state index in [2.05, 4.69) is 11.1 Å². The summed E-state index contributed by atoms with van der Waals surface area (Å²) in [6.07, 6.45) is 1.73. The molecule has 0 unspecified atom stereocenters. The Morgan fingerprint density at radius 2 is 1.52 bits per heavy atom. The quantitative estimate of drug-likeness (QED) is 0.324. The molecule has 0 saturated carbocycles. The molecule has 0 aliphatic heterocycles. The summed E-state index contributed by atoms with van der Waals surface area (Å²) >= 11 is 1.63. The summed E-state index contributed by atoms with van der Waals surface area (Å²) in [5.41, 5.74) is 2.77. The van der Waals surface area contributed by atoms with Gasteiger partial charge in [0, 0.05) is 27.1 Å². The van der Waals surface area contributed by atoms with Gasteiger partial charge in [-0.05, 0) is 61.0 Å². The molecule has 0 fully saturated rings. The molecule has 4 aromatic rings. The van der Waals surface area contributed by atoms with Gasteiger partial charge in [0.1, 0.15) is 28.9 Å². The highest BCUT2D eigenvalue weighted by atomic mass is 32.1. The Morgan fingerprint density at radius 1 is 0.903 bits per heavy atom. The third-order valence-electron chi connectivity index (χ3n) is 4.80. The van der Waals surface area contributed by atoms with Crippen LogP contribution in [0.25, 0.3) is 22.5 Å². The second kappa shape index (κ2) is 8.90. The molecule has 5 nitrogen and oxygen atoms in total. The van der Waals surface area contributed by atoms with Crippen LogP contribution in [0.15, 0.2) is 70.1 Å². The highest BCUT2D eigenvalue weighted by molar-refractivity contribution is 7.13. The Bertz CT molecular complexity index is 1260.